The number of phenolic OH excluding ortho intramolecular Hbond substituents is 1. The Morgan fingerprint density at radius 1 is 1.53 bits per heavy atom. The van der Waals surface area contributed by atoms with Crippen LogP contribution in [0.15, 0.2) is 23.2 Å². The van der Waals surface area contributed by atoms with Gasteiger partial charge in [0.2, 0.25) is 0 Å². The van der Waals surface area contributed by atoms with Crippen LogP contribution in [0.2, 0.25) is 0 Å². The molecule has 0 aromatic heterocycles. The van der Waals surface area contributed by atoms with E-state index in [0.29, 0.717) is 11.3 Å². The number of rotatable bonds is 6. The fraction of sp³-hybridized carbons (Fsp3) is 0.429. The zero-order valence-electron chi connectivity index (χ0n) is 11.3. The van der Waals surface area contributed by atoms with Crippen LogP contribution in [-0.2, 0) is 4.79 Å². The van der Waals surface area contributed by atoms with Gasteiger partial charge in [-0.1, -0.05) is 20.3 Å². The summed E-state index contributed by atoms with van der Waals surface area (Å²) >= 11 is 0. The number of phenols is 1. The van der Waals surface area contributed by atoms with Gasteiger partial charge in [0.1, 0.15) is 17.5 Å². The lowest BCUT2D eigenvalue weighted by Crippen LogP contribution is -2.25. The summed E-state index contributed by atoms with van der Waals surface area (Å²) in [5.74, 6) is -0.476. The minimum atomic E-state index is -0.960. The number of aliphatic carboxylic acids is 1. The number of methoxy groups -OCH3 is 1. The Balaban J connectivity index is 2.93. The number of carbonyl (C=O) groups is 1. The van der Waals surface area contributed by atoms with Gasteiger partial charge in [0.15, 0.2) is 0 Å². The summed E-state index contributed by atoms with van der Waals surface area (Å²) in [7, 11) is 1.51. The van der Waals surface area contributed by atoms with E-state index in [4.69, 9.17) is 9.84 Å². The summed E-state index contributed by atoms with van der Waals surface area (Å²) in [6.45, 7) is 3.75. The Morgan fingerprint density at radius 3 is 2.68 bits per heavy atom. The molecule has 0 aliphatic carbocycles. The fourth-order valence-electron chi connectivity index (χ4n) is 1.60. The molecule has 0 unspecified atom stereocenters. The van der Waals surface area contributed by atoms with Crippen molar-refractivity contribution in [1.29, 1.82) is 0 Å². The van der Waals surface area contributed by atoms with Crippen LogP contribution in [-0.4, -0.2) is 35.5 Å². The van der Waals surface area contributed by atoms with Crippen LogP contribution in [0.1, 0.15) is 25.8 Å². The molecule has 1 aromatic carbocycles. The maximum Gasteiger partial charge on any atom is 0.328 e. The highest BCUT2D eigenvalue weighted by atomic mass is 16.5. The third-order valence-corrected chi connectivity index (χ3v) is 3.05. The van der Waals surface area contributed by atoms with Crippen molar-refractivity contribution in [2.75, 3.05) is 7.11 Å². The Morgan fingerprint density at radius 2 is 2.21 bits per heavy atom. The smallest absolute Gasteiger partial charge is 0.328 e. The quantitative estimate of drug-likeness (QED) is 0.774. The van der Waals surface area contributed by atoms with Crippen LogP contribution in [0.3, 0.4) is 0 Å². The number of benzene rings is 1. The molecule has 2 atom stereocenters. The Hall–Kier alpha value is -2.04. The van der Waals surface area contributed by atoms with E-state index in [1.54, 1.807) is 12.1 Å². The van der Waals surface area contributed by atoms with Crippen LogP contribution in [0.25, 0.3) is 0 Å². The Labute approximate surface area is 112 Å². The third-order valence-electron chi connectivity index (χ3n) is 3.05. The minimum Gasteiger partial charge on any atom is -0.507 e. The molecule has 1 aromatic rings. The van der Waals surface area contributed by atoms with E-state index < -0.39 is 12.0 Å². The molecule has 0 saturated heterocycles. The van der Waals surface area contributed by atoms with Gasteiger partial charge >= 0.3 is 5.97 Å². The molecule has 5 nitrogen and oxygen atoms in total. The maximum absolute atomic E-state index is 11.1. The molecule has 0 amide bonds. The van der Waals surface area contributed by atoms with Crippen molar-refractivity contribution >= 4 is 12.2 Å². The second-order valence-corrected chi connectivity index (χ2v) is 4.37. The standard InChI is InChI=1S/C14H19NO4/c1-4-9(2)13(14(17)18)15-8-10-5-6-11(19-3)7-12(10)16/h5-9,13,16H,4H2,1-3H3,(H,17,18)/t9-,13-/m0/s1. The number of hydrogen-bond acceptors (Lipinski definition) is 4. The van der Waals surface area contributed by atoms with E-state index in [9.17, 15) is 9.90 Å². The van der Waals surface area contributed by atoms with Gasteiger partial charge in [-0.05, 0) is 18.1 Å². The van der Waals surface area contributed by atoms with E-state index in [2.05, 4.69) is 4.99 Å². The summed E-state index contributed by atoms with van der Waals surface area (Å²) in [5.41, 5.74) is 0.468. The van der Waals surface area contributed by atoms with Crippen LogP contribution < -0.4 is 4.74 Å². The van der Waals surface area contributed by atoms with E-state index >= 15 is 0 Å². The topological polar surface area (TPSA) is 79.1 Å². The van der Waals surface area contributed by atoms with E-state index in [1.165, 1.54) is 19.4 Å². The molecule has 0 aliphatic heterocycles. The predicted octanol–water partition coefficient (Wildman–Crippen LogP) is 2.32. The van der Waals surface area contributed by atoms with Crippen LogP contribution >= 0.6 is 0 Å². The van der Waals surface area contributed by atoms with Gasteiger partial charge in [0, 0.05) is 17.8 Å². The molecule has 104 valence electrons. The molecule has 0 radical (unpaired) electrons. The van der Waals surface area contributed by atoms with Crippen LogP contribution in [0.4, 0.5) is 0 Å². The highest BCUT2D eigenvalue weighted by Crippen LogP contribution is 2.22. The molecule has 0 bridgehead atoms. The van der Waals surface area contributed by atoms with Gasteiger partial charge in [0.25, 0.3) is 0 Å². The summed E-state index contributed by atoms with van der Waals surface area (Å²) in [6, 6.07) is 3.97. The van der Waals surface area contributed by atoms with Gasteiger partial charge < -0.3 is 14.9 Å². The van der Waals surface area contributed by atoms with Crippen molar-refractivity contribution in [3.05, 3.63) is 23.8 Å². The van der Waals surface area contributed by atoms with Crippen LogP contribution in [0, 0.1) is 5.92 Å². The highest BCUT2D eigenvalue weighted by Gasteiger charge is 2.21. The zero-order valence-corrected chi connectivity index (χ0v) is 11.3. The molecule has 0 spiro atoms. The number of carboxylic acids is 1. The number of carboxylic acid groups (broad SMARTS) is 1. The number of aromatic hydroxyl groups is 1. The molecule has 19 heavy (non-hydrogen) atoms. The summed E-state index contributed by atoms with van der Waals surface area (Å²) in [6.07, 6.45) is 2.11. The molecule has 5 heteroatoms. The first-order valence-electron chi connectivity index (χ1n) is 6.12. The molecule has 0 aliphatic rings. The lowest BCUT2D eigenvalue weighted by Gasteiger charge is -2.14. The third kappa shape index (κ3) is 3.98. The molecular weight excluding hydrogens is 246 g/mol. The number of ether oxygens (including phenoxy) is 1. The molecule has 0 saturated carbocycles. The lowest BCUT2D eigenvalue weighted by molar-refractivity contribution is -0.139. The van der Waals surface area contributed by atoms with E-state index in [1.807, 2.05) is 13.8 Å². The molecular formula is C14H19NO4. The van der Waals surface area contributed by atoms with Crippen molar-refractivity contribution in [1.82, 2.24) is 0 Å². The second-order valence-electron chi connectivity index (χ2n) is 4.37. The first kappa shape index (κ1) is 15.0. The first-order valence-corrected chi connectivity index (χ1v) is 6.12. The average Bonchev–Trinajstić information content (AvgIpc) is 2.39. The van der Waals surface area contributed by atoms with Gasteiger partial charge in [-0.25, -0.2) is 4.79 Å². The van der Waals surface area contributed by atoms with Crippen molar-refractivity contribution in [2.24, 2.45) is 10.9 Å². The SMILES string of the molecule is CC[C@H](C)[C@H](N=Cc1ccc(OC)cc1O)C(=O)O. The van der Waals surface area contributed by atoms with Gasteiger partial charge in [-0.3, -0.25) is 4.99 Å². The average molecular weight is 265 g/mol. The molecule has 1 rings (SSSR count). The van der Waals surface area contributed by atoms with Crippen molar-refractivity contribution in [3.8, 4) is 11.5 Å². The van der Waals surface area contributed by atoms with Crippen molar-refractivity contribution in [2.45, 2.75) is 26.3 Å². The predicted molar refractivity (Wildman–Crippen MR) is 73.1 cm³/mol. The molecule has 0 heterocycles. The van der Waals surface area contributed by atoms with Gasteiger partial charge in [-0.15, -0.1) is 0 Å². The second kappa shape index (κ2) is 6.78. The minimum absolute atomic E-state index is 0.0105. The van der Waals surface area contributed by atoms with Crippen LogP contribution in [0.5, 0.6) is 11.5 Å². The molecule has 0 fully saturated rings. The largest absolute Gasteiger partial charge is 0.507 e. The number of hydrogen-bond donors (Lipinski definition) is 2. The summed E-state index contributed by atoms with van der Waals surface area (Å²) in [4.78, 5) is 15.2. The summed E-state index contributed by atoms with van der Waals surface area (Å²) < 4.78 is 4.97. The van der Waals surface area contributed by atoms with Gasteiger partial charge in [-0.2, -0.15) is 0 Å². The highest BCUT2D eigenvalue weighted by molar-refractivity contribution is 5.86. The van der Waals surface area contributed by atoms with Crippen molar-refractivity contribution < 1.29 is 19.7 Å². The van der Waals surface area contributed by atoms with E-state index in [-0.39, 0.29) is 11.7 Å². The normalized spacial score (nSPS) is 14.3. The van der Waals surface area contributed by atoms with Crippen molar-refractivity contribution in [3.63, 3.8) is 0 Å². The number of nitrogens with zero attached hydrogens (tertiary/aromatic N) is 1. The summed E-state index contributed by atoms with van der Waals surface area (Å²) in [5, 5.41) is 18.9. The Kier molecular flexibility index (Phi) is 5.36. The maximum atomic E-state index is 11.1. The monoisotopic (exact) mass is 265 g/mol. The van der Waals surface area contributed by atoms with Gasteiger partial charge in [0.05, 0.1) is 7.11 Å². The fourth-order valence-corrected chi connectivity index (χ4v) is 1.60. The molecule has 2 N–H and O–H groups in total. The Bertz CT molecular complexity index is 471. The van der Waals surface area contributed by atoms with E-state index in [0.717, 1.165) is 6.42 Å². The number of aliphatic imine (C=N–C) groups is 1. The zero-order chi connectivity index (χ0) is 14.4. The first-order chi connectivity index (χ1) is 8.99. The lowest BCUT2D eigenvalue weighted by atomic mass is 10.00.